The number of carbonyl (C=O) groups excluding carboxylic acids is 1. The molecule has 0 aliphatic rings. The molecule has 0 aliphatic carbocycles. The maximum atomic E-state index is 11.4. The Labute approximate surface area is 99.4 Å². The largest absolute Gasteiger partial charge is 0.464 e. The molecule has 2 rings (SSSR count). The molecule has 0 unspecified atom stereocenters. The number of nitrogens with two attached hydrogens (primary N) is 1. The molecule has 4 heteroatoms. The van der Waals surface area contributed by atoms with E-state index in [1.165, 1.54) is 12.7 Å². The first kappa shape index (κ1) is 11.4. The fraction of sp³-hybridized carbons (Fsp3) is 0.231. The summed E-state index contributed by atoms with van der Waals surface area (Å²) in [5, 5.41) is 0.872. The number of aryl methyl sites for hydroxylation is 1. The molecule has 0 saturated carbocycles. The number of anilines is 1. The third-order valence-corrected chi connectivity index (χ3v) is 2.71. The fourth-order valence-electron chi connectivity index (χ4n) is 1.73. The van der Waals surface area contributed by atoms with Crippen LogP contribution in [0.5, 0.6) is 0 Å². The molecule has 17 heavy (non-hydrogen) atoms. The average Bonchev–Trinajstić information content (AvgIpc) is 2.37. The van der Waals surface area contributed by atoms with Crippen LogP contribution in [0, 0.1) is 0 Å². The van der Waals surface area contributed by atoms with Gasteiger partial charge in [-0.3, -0.25) is 0 Å². The number of rotatable bonds is 2. The first-order chi connectivity index (χ1) is 8.15. The Morgan fingerprint density at radius 3 is 2.82 bits per heavy atom. The molecule has 0 fully saturated rings. The Hall–Kier alpha value is -2.10. The minimum Gasteiger partial charge on any atom is -0.464 e. The van der Waals surface area contributed by atoms with Crippen LogP contribution in [0.1, 0.15) is 23.0 Å². The quantitative estimate of drug-likeness (QED) is 0.803. The van der Waals surface area contributed by atoms with Gasteiger partial charge in [-0.2, -0.15) is 0 Å². The van der Waals surface area contributed by atoms with Crippen LogP contribution in [0.25, 0.3) is 10.9 Å². The minimum atomic E-state index is -0.474. The van der Waals surface area contributed by atoms with Gasteiger partial charge in [0, 0.05) is 11.1 Å². The van der Waals surface area contributed by atoms with Crippen LogP contribution in [0.15, 0.2) is 24.3 Å². The van der Waals surface area contributed by atoms with Crippen molar-refractivity contribution in [3.63, 3.8) is 0 Å². The number of esters is 1. The van der Waals surface area contributed by atoms with Crippen LogP contribution in [0.3, 0.4) is 0 Å². The highest BCUT2D eigenvalue weighted by Gasteiger charge is 2.10. The lowest BCUT2D eigenvalue weighted by molar-refractivity contribution is 0.0594. The summed E-state index contributed by atoms with van der Waals surface area (Å²) in [7, 11) is 1.32. The number of benzene rings is 1. The molecule has 0 amide bonds. The normalized spacial score (nSPS) is 10.5. The van der Waals surface area contributed by atoms with E-state index in [1.54, 1.807) is 6.07 Å². The van der Waals surface area contributed by atoms with E-state index in [1.807, 2.05) is 18.2 Å². The van der Waals surface area contributed by atoms with Crippen molar-refractivity contribution < 1.29 is 9.53 Å². The zero-order valence-electron chi connectivity index (χ0n) is 9.86. The number of carbonyl (C=O) groups is 1. The molecule has 0 radical (unpaired) electrons. The highest BCUT2D eigenvalue weighted by molar-refractivity contribution is 5.97. The summed E-state index contributed by atoms with van der Waals surface area (Å²) in [5.41, 5.74) is 8.61. The molecule has 0 bridgehead atoms. The van der Waals surface area contributed by atoms with Crippen LogP contribution < -0.4 is 5.73 Å². The van der Waals surface area contributed by atoms with Crippen molar-refractivity contribution in [2.45, 2.75) is 13.3 Å². The predicted octanol–water partition coefficient (Wildman–Crippen LogP) is 2.17. The van der Waals surface area contributed by atoms with Crippen molar-refractivity contribution in [1.82, 2.24) is 4.98 Å². The highest BCUT2D eigenvalue weighted by Crippen LogP contribution is 2.22. The third-order valence-electron chi connectivity index (χ3n) is 2.71. The molecule has 2 N–H and O–H groups in total. The number of nitrogens with zero attached hydrogens (tertiary/aromatic N) is 1. The number of hydrogen-bond donors (Lipinski definition) is 1. The maximum absolute atomic E-state index is 11.4. The Kier molecular flexibility index (Phi) is 2.95. The van der Waals surface area contributed by atoms with Crippen LogP contribution >= 0.6 is 0 Å². The summed E-state index contributed by atoms with van der Waals surface area (Å²) < 4.78 is 4.63. The molecule has 1 aromatic carbocycles. The van der Waals surface area contributed by atoms with Gasteiger partial charge in [0.15, 0.2) is 5.69 Å². The molecule has 0 aliphatic heterocycles. The second-order valence-electron chi connectivity index (χ2n) is 3.79. The van der Waals surface area contributed by atoms with Crippen molar-refractivity contribution in [3.8, 4) is 0 Å². The number of nitrogen functional groups attached to an aromatic ring is 1. The zero-order chi connectivity index (χ0) is 12.4. The Morgan fingerprint density at radius 2 is 2.18 bits per heavy atom. The van der Waals surface area contributed by atoms with Gasteiger partial charge < -0.3 is 10.5 Å². The van der Waals surface area contributed by atoms with Gasteiger partial charge >= 0.3 is 5.97 Å². The number of fused-ring (bicyclic) bond motifs is 1. The molecule has 88 valence electrons. The lowest BCUT2D eigenvalue weighted by atomic mass is 10.1. The number of aromatic nitrogens is 1. The summed E-state index contributed by atoms with van der Waals surface area (Å²) in [5.74, 6) is -0.474. The Morgan fingerprint density at radius 1 is 1.41 bits per heavy atom. The SMILES string of the molecule is CCc1ccc2nc(C(=O)OC)cc(N)c2c1. The van der Waals surface area contributed by atoms with E-state index in [9.17, 15) is 4.79 Å². The molecule has 0 atom stereocenters. The van der Waals surface area contributed by atoms with Crippen molar-refractivity contribution in [2.24, 2.45) is 0 Å². The molecule has 0 spiro atoms. The summed E-state index contributed by atoms with van der Waals surface area (Å²) in [4.78, 5) is 15.6. The van der Waals surface area contributed by atoms with Gasteiger partial charge in [-0.25, -0.2) is 9.78 Å². The molecular weight excluding hydrogens is 216 g/mol. The van der Waals surface area contributed by atoms with Crippen molar-refractivity contribution in [1.29, 1.82) is 0 Å². The van der Waals surface area contributed by atoms with Crippen LogP contribution in [-0.4, -0.2) is 18.1 Å². The smallest absolute Gasteiger partial charge is 0.356 e. The maximum Gasteiger partial charge on any atom is 0.356 e. The molecule has 0 saturated heterocycles. The zero-order valence-corrected chi connectivity index (χ0v) is 9.86. The molecule has 1 aromatic heterocycles. The predicted molar refractivity (Wildman–Crippen MR) is 66.9 cm³/mol. The molecule has 1 heterocycles. The third kappa shape index (κ3) is 2.06. The van der Waals surface area contributed by atoms with Crippen LogP contribution in [-0.2, 0) is 11.2 Å². The van der Waals surface area contributed by atoms with Gasteiger partial charge in [0.1, 0.15) is 0 Å². The number of pyridine rings is 1. The van der Waals surface area contributed by atoms with Crippen LogP contribution in [0.4, 0.5) is 5.69 Å². The van der Waals surface area contributed by atoms with E-state index < -0.39 is 5.97 Å². The van der Waals surface area contributed by atoms with Crippen LogP contribution in [0.2, 0.25) is 0 Å². The summed E-state index contributed by atoms with van der Waals surface area (Å²) in [6.07, 6.45) is 0.939. The van der Waals surface area contributed by atoms with E-state index in [0.717, 1.165) is 11.8 Å². The number of methoxy groups -OCH3 is 1. The first-order valence-corrected chi connectivity index (χ1v) is 5.43. The fourth-order valence-corrected chi connectivity index (χ4v) is 1.73. The van der Waals surface area contributed by atoms with E-state index in [2.05, 4.69) is 16.6 Å². The number of ether oxygens (including phenoxy) is 1. The van der Waals surface area contributed by atoms with Gasteiger partial charge in [0.2, 0.25) is 0 Å². The van der Waals surface area contributed by atoms with E-state index in [-0.39, 0.29) is 5.69 Å². The minimum absolute atomic E-state index is 0.238. The monoisotopic (exact) mass is 230 g/mol. The van der Waals surface area contributed by atoms with E-state index >= 15 is 0 Å². The second kappa shape index (κ2) is 4.41. The summed E-state index contributed by atoms with van der Waals surface area (Å²) >= 11 is 0. The van der Waals surface area contributed by atoms with E-state index in [0.29, 0.717) is 11.2 Å². The van der Waals surface area contributed by atoms with Crippen molar-refractivity contribution >= 4 is 22.6 Å². The van der Waals surface area contributed by atoms with Crippen molar-refractivity contribution in [2.75, 3.05) is 12.8 Å². The first-order valence-electron chi connectivity index (χ1n) is 5.43. The Balaban J connectivity index is 2.63. The summed E-state index contributed by atoms with van der Waals surface area (Å²) in [6, 6.07) is 7.40. The van der Waals surface area contributed by atoms with Crippen molar-refractivity contribution in [3.05, 3.63) is 35.5 Å². The van der Waals surface area contributed by atoms with Gasteiger partial charge in [-0.1, -0.05) is 13.0 Å². The average molecular weight is 230 g/mol. The highest BCUT2D eigenvalue weighted by atomic mass is 16.5. The van der Waals surface area contributed by atoms with Gasteiger partial charge in [-0.15, -0.1) is 0 Å². The molecule has 4 nitrogen and oxygen atoms in total. The molecule has 2 aromatic rings. The summed E-state index contributed by atoms with van der Waals surface area (Å²) in [6.45, 7) is 2.08. The van der Waals surface area contributed by atoms with E-state index in [4.69, 9.17) is 5.73 Å². The van der Waals surface area contributed by atoms with Gasteiger partial charge in [0.25, 0.3) is 0 Å². The lowest BCUT2D eigenvalue weighted by Gasteiger charge is -2.06. The number of hydrogen-bond acceptors (Lipinski definition) is 4. The Bertz CT molecular complexity index is 579. The van der Waals surface area contributed by atoms with Gasteiger partial charge in [-0.05, 0) is 30.2 Å². The standard InChI is InChI=1S/C13H14N2O2/c1-3-8-4-5-11-9(6-8)10(14)7-12(15-11)13(16)17-2/h4-7H,3H2,1-2H3,(H2,14,15). The second-order valence-corrected chi connectivity index (χ2v) is 3.79. The molecular formula is C13H14N2O2. The lowest BCUT2D eigenvalue weighted by Crippen LogP contribution is -2.05. The topological polar surface area (TPSA) is 65.2 Å². The van der Waals surface area contributed by atoms with Gasteiger partial charge in [0.05, 0.1) is 12.6 Å².